The van der Waals surface area contributed by atoms with E-state index >= 15 is 0 Å². The number of unbranched alkanes of at least 4 members (excludes halogenated alkanes) is 1. The summed E-state index contributed by atoms with van der Waals surface area (Å²) >= 11 is 0. The van der Waals surface area contributed by atoms with Crippen molar-refractivity contribution in [3.05, 3.63) is 38.9 Å². The van der Waals surface area contributed by atoms with Crippen LogP contribution in [0.15, 0.2) is 21.9 Å². The Morgan fingerprint density at radius 3 is 2.68 bits per heavy atom. The van der Waals surface area contributed by atoms with Gasteiger partial charge in [0.1, 0.15) is 11.6 Å². The largest absolute Gasteiger partial charge is 0.330 e. The van der Waals surface area contributed by atoms with Crippen molar-refractivity contribution in [2.24, 2.45) is 11.8 Å². The molecule has 34 heavy (non-hydrogen) atoms. The van der Waals surface area contributed by atoms with E-state index in [-0.39, 0.29) is 24.3 Å². The highest BCUT2D eigenvalue weighted by atomic mass is 16.2. The third kappa shape index (κ3) is 5.00. The van der Waals surface area contributed by atoms with Gasteiger partial charge in [0.05, 0.1) is 12.2 Å². The van der Waals surface area contributed by atoms with Crippen molar-refractivity contribution in [2.45, 2.75) is 85.4 Å². The number of carbonyl (C=O) groups excluding carboxylic acids is 1. The van der Waals surface area contributed by atoms with Gasteiger partial charge in [-0.05, 0) is 38.0 Å². The molecular formula is C24H35N7O3. The van der Waals surface area contributed by atoms with Gasteiger partial charge in [0, 0.05) is 32.0 Å². The molecule has 1 aliphatic rings. The van der Waals surface area contributed by atoms with E-state index < -0.39 is 11.2 Å². The molecule has 184 valence electrons. The van der Waals surface area contributed by atoms with Crippen LogP contribution in [-0.2, 0) is 24.3 Å². The molecule has 3 aromatic rings. The average Bonchev–Trinajstić information content (AvgIpc) is 3.43. The Morgan fingerprint density at radius 2 is 2.00 bits per heavy atom. The molecule has 0 saturated heterocycles. The standard InChI is InChI=1S/C24H35N7O3/c1-5-6-13-29-22-21(23(33)28-24(29)34)30(14-15(2)3)18(27-22)9-10-20(32)26-19-11-12-25-31(19)16(4)17-7-8-17/h11-12,15-17H,5-10,13-14H2,1-4H3,(H,26,32)(H,28,33,34). The lowest BCUT2D eigenvalue weighted by atomic mass is 10.2. The number of aromatic amines is 1. The van der Waals surface area contributed by atoms with Gasteiger partial charge in [0.2, 0.25) is 5.91 Å². The number of hydrogen-bond donors (Lipinski definition) is 2. The SMILES string of the molecule is CCCCn1c(=O)[nH]c(=O)c2c1nc(CCC(=O)Nc1ccnn1C(C)C1CC1)n2CC(C)C. The zero-order chi connectivity index (χ0) is 24.4. The second kappa shape index (κ2) is 9.99. The molecule has 0 radical (unpaired) electrons. The molecule has 10 nitrogen and oxygen atoms in total. The molecule has 1 amide bonds. The van der Waals surface area contributed by atoms with Crippen molar-refractivity contribution in [1.82, 2.24) is 28.9 Å². The number of aromatic nitrogens is 6. The van der Waals surface area contributed by atoms with Crippen LogP contribution in [0.25, 0.3) is 11.2 Å². The molecule has 3 aromatic heterocycles. The first-order chi connectivity index (χ1) is 16.3. The molecule has 0 spiro atoms. The summed E-state index contributed by atoms with van der Waals surface area (Å²) in [5.74, 6) is 2.09. The maximum atomic E-state index is 12.8. The van der Waals surface area contributed by atoms with Gasteiger partial charge >= 0.3 is 5.69 Å². The number of rotatable bonds is 11. The molecule has 0 aromatic carbocycles. The molecule has 3 heterocycles. The highest BCUT2D eigenvalue weighted by molar-refractivity contribution is 5.90. The van der Waals surface area contributed by atoms with Crippen LogP contribution in [-0.4, -0.2) is 34.8 Å². The predicted molar refractivity (Wildman–Crippen MR) is 131 cm³/mol. The summed E-state index contributed by atoms with van der Waals surface area (Å²) in [7, 11) is 0. The first kappa shape index (κ1) is 24.0. The first-order valence-corrected chi connectivity index (χ1v) is 12.4. The number of aryl methyl sites for hydroxylation is 2. The van der Waals surface area contributed by atoms with Gasteiger partial charge in [-0.1, -0.05) is 27.2 Å². The zero-order valence-corrected chi connectivity index (χ0v) is 20.5. The molecule has 2 N–H and O–H groups in total. The van der Waals surface area contributed by atoms with Crippen LogP contribution in [0.2, 0.25) is 0 Å². The molecule has 1 atom stereocenters. The number of amides is 1. The quantitative estimate of drug-likeness (QED) is 0.447. The van der Waals surface area contributed by atoms with E-state index in [0.717, 1.165) is 12.8 Å². The minimum atomic E-state index is -0.442. The number of fused-ring (bicyclic) bond motifs is 1. The van der Waals surface area contributed by atoms with Crippen LogP contribution in [0, 0.1) is 11.8 Å². The normalized spacial score (nSPS) is 14.7. The van der Waals surface area contributed by atoms with Crippen LogP contribution in [0.1, 0.15) is 71.7 Å². The van der Waals surface area contributed by atoms with Gasteiger partial charge in [-0.3, -0.25) is 19.1 Å². The Hall–Kier alpha value is -3.17. The summed E-state index contributed by atoms with van der Waals surface area (Å²) in [6.45, 7) is 9.37. The van der Waals surface area contributed by atoms with Gasteiger partial charge in [0.25, 0.3) is 5.56 Å². The lowest BCUT2D eigenvalue weighted by Crippen LogP contribution is -2.31. The number of hydrogen-bond acceptors (Lipinski definition) is 5. The van der Waals surface area contributed by atoms with Gasteiger partial charge in [-0.2, -0.15) is 5.10 Å². The van der Waals surface area contributed by atoms with Crippen LogP contribution in [0.4, 0.5) is 5.82 Å². The van der Waals surface area contributed by atoms with E-state index in [1.54, 1.807) is 10.8 Å². The molecule has 1 fully saturated rings. The number of nitrogens with one attached hydrogen (secondary N) is 2. The van der Waals surface area contributed by atoms with Crippen molar-refractivity contribution in [1.29, 1.82) is 0 Å². The fraction of sp³-hybridized carbons (Fsp3) is 0.625. The van der Waals surface area contributed by atoms with Gasteiger partial charge in [0.15, 0.2) is 11.2 Å². The van der Waals surface area contributed by atoms with Crippen LogP contribution in [0.3, 0.4) is 0 Å². The minimum Gasteiger partial charge on any atom is -0.322 e. The van der Waals surface area contributed by atoms with Gasteiger partial charge in [-0.25, -0.2) is 14.5 Å². The van der Waals surface area contributed by atoms with Crippen molar-refractivity contribution in [2.75, 3.05) is 5.32 Å². The van der Waals surface area contributed by atoms with E-state index in [2.05, 4.69) is 36.2 Å². The van der Waals surface area contributed by atoms with E-state index in [4.69, 9.17) is 4.98 Å². The summed E-state index contributed by atoms with van der Waals surface area (Å²) in [5.41, 5.74) is -0.0808. The molecule has 4 rings (SSSR count). The van der Waals surface area contributed by atoms with E-state index in [1.165, 1.54) is 12.8 Å². The first-order valence-electron chi connectivity index (χ1n) is 12.4. The summed E-state index contributed by atoms with van der Waals surface area (Å²) in [6.07, 6.45) is 6.40. The molecule has 0 bridgehead atoms. The second-order valence-corrected chi connectivity index (χ2v) is 9.76. The zero-order valence-electron chi connectivity index (χ0n) is 20.5. The van der Waals surface area contributed by atoms with Gasteiger partial charge in [-0.15, -0.1) is 0 Å². The number of imidazole rings is 1. The van der Waals surface area contributed by atoms with Crippen molar-refractivity contribution in [3.63, 3.8) is 0 Å². The molecular weight excluding hydrogens is 434 g/mol. The Bertz CT molecular complexity index is 1280. The summed E-state index contributed by atoms with van der Waals surface area (Å²) in [5, 5.41) is 7.37. The summed E-state index contributed by atoms with van der Waals surface area (Å²) < 4.78 is 5.29. The number of anilines is 1. The Kier molecular flexibility index (Phi) is 7.04. The fourth-order valence-corrected chi connectivity index (χ4v) is 4.44. The lowest BCUT2D eigenvalue weighted by Gasteiger charge is -2.15. The average molecular weight is 470 g/mol. The third-order valence-corrected chi connectivity index (χ3v) is 6.45. The van der Waals surface area contributed by atoms with E-state index in [9.17, 15) is 14.4 Å². The maximum absolute atomic E-state index is 12.8. The van der Waals surface area contributed by atoms with Crippen LogP contribution >= 0.6 is 0 Å². The van der Waals surface area contributed by atoms with Crippen molar-refractivity contribution >= 4 is 22.9 Å². The van der Waals surface area contributed by atoms with E-state index in [0.29, 0.717) is 48.2 Å². The third-order valence-electron chi connectivity index (χ3n) is 6.45. The van der Waals surface area contributed by atoms with Crippen molar-refractivity contribution in [3.8, 4) is 0 Å². The van der Waals surface area contributed by atoms with Gasteiger partial charge < -0.3 is 9.88 Å². The number of carbonyl (C=O) groups is 1. The number of nitrogens with zero attached hydrogens (tertiary/aromatic N) is 5. The molecule has 1 saturated carbocycles. The van der Waals surface area contributed by atoms with Crippen molar-refractivity contribution < 1.29 is 4.79 Å². The predicted octanol–water partition coefficient (Wildman–Crippen LogP) is 3.08. The summed E-state index contributed by atoms with van der Waals surface area (Å²) in [4.78, 5) is 45.2. The Morgan fingerprint density at radius 1 is 1.24 bits per heavy atom. The summed E-state index contributed by atoms with van der Waals surface area (Å²) in [6, 6.07) is 2.07. The topological polar surface area (TPSA) is 120 Å². The number of H-pyrrole nitrogens is 1. The smallest absolute Gasteiger partial charge is 0.322 e. The highest BCUT2D eigenvalue weighted by Crippen LogP contribution is 2.40. The minimum absolute atomic E-state index is 0.134. The fourth-order valence-electron chi connectivity index (χ4n) is 4.44. The molecule has 10 heteroatoms. The lowest BCUT2D eigenvalue weighted by molar-refractivity contribution is -0.116. The second-order valence-electron chi connectivity index (χ2n) is 9.76. The molecule has 1 aliphatic carbocycles. The highest BCUT2D eigenvalue weighted by Gasteiger charge is 2.30. The molecule has 1 unspecified atom stereocenters. The van der Waals surface area contributed by atoms with Crippen LogP contribution < -0.4 is 16.6 Å². The molecule has 0 aliphatic heterocycles. The Balaban J connectivity index is 1.58. The van der Waals surface area contributed by atoms with Crippen LogP contribution in [0.5, 0.6) is 0 Å². The monoisotopic (exact) mass is 469 g/mol. The Labute approximate surface area is 198 Å². The maximum Gasteiger partial charge on any atom is 0.330 e. The van der Waals surface area contributed by atoms with E-state index in [1.807, 2.05) is 22.2 Å².